The van der Waals surface area contributed by atoms with Gasteiger partial charge < -0.3 is 10.8 Å². The summed E-state index contributed by atoms with van der Waals surface area (Å²) in [6, 6.07) is 0. The van der Waals surface area contributed by atoms with E-state index in [0.717, 1.165) is 25.7 Å². The van der Waals surface area contributed by atoms with Crippen molar-refractivity contribution < 1.29 is 5.11 Å². The summed E-state index contributed by atoms with van der Waals surface area (Å²) in [7, 11) is 0. The van der Waals surface area contributed by atoms with E-state index in [2.05, 4.69) is 27.7 Å². The summed E-state index contributed by atoms with van der Waals surface area (Å²) in [4.78, 5) is 0. The van der Waals surface area contributed by atoms with Crippen molar-refractivity contribution in [3.05, 3.63) is 0 Å². The smallest absolute Gasteiger partial charge is 0.0769 e. The molecule has 0 unspecified atom stereocenters. The third kappa shape index (κ3) is 6.39. The lowest BCUT2D eigenvalue weighted by atomic mass is 9.87. The van der Waals surface area contributed by atoms with Crippen LogP contribution in [-0.4, -0.2) is 17.3 Å². The van der Waals surface area contributed by atoms with Crippen LogP contribution in [0.1, 0.15) is 53.4 Å². The summed E-state index contributed by atoms with van der Waals surface area (Å²) >= 11 is 0. The van der Waals surface area contributed by atoms with E-state index in [1.165, 1.54) is 0 Å². The topological polar surface area (TPSA) is 46.2 Å². The summed E-state index contributed by atoms with van der Waals surface area (Å²) in [6.07, 6.45) is 3.80. The van der Waals surface area contributed by atoms with Crippen LogP contribution >= 0.6 is 0 Å². The van der Waals surface area contributed by atoms with Crippen molar-refractivity contribution in [2.75, 3.05) is 6.54 Å². The Morgan fingerprint density at radius 1 is 1.00 bits per heavy atom. The zero-order valence-electron chi connectivity index (χ0n) is 10.2. The van der Waals surface area contributed by atoms with Crippen LogP contribution in [0.25, 0.3) is 0 Å². The highest BCUT2D eigenvalue weighted by molar-refractivity contribution is 4.80. The van der Waals surface area contributed by atoms with E-state index in [1.54, 1.807) is 0 Å². The van der Waals surface area contributed by atoms with E-state index >= 15 is 0 Å². The molecule has 0 saturated heterocycles. The molecule has 86 valence electrons. The highest BCUT2D eigenvalue weighted by Gasteiger charge is 2.24. The molecule has 0 fully saturated rings. The molecule has 0 radical (unpaired) electrons. The van der Waals surface area contributed by atoms with Crippen LogP contribution in [0.3, 0.4) is 0 Å². The van der Waals surface area contributed by atoms with E-state index in [4.69, 9.17) is 5.73 Å². The summed E-state index contributed by atoms with van der Waals surface area (Å²) < 4.78 is 0. The summed E-state index contributed by atoms with van der Waals surface area (Å²) in [5.41, 5.74) is 5.01. The van der Waals surface area contributed by atoms with E-state index in [0.29, 0.717) is 18.4 Å². The monoisotopic (exact) mass is 201 g/mol. The third-order valence-corrected chi connectivity index (χ3v) is 2.75. The van der Waals surface area contributed by atoms with Crippen LogP contribution in [0.15, 0.2) is 0 Å². The van der Waals surface area contributed by atoms with Gasteiger partial charge in [-0.25, -0.2) is 0 Å². The molecule has 0 aromatic rings. The number of hydrogen-bond acceptors (Lipinski definition) is 2. The van der Waals surface area contributed by atoms with Crippen molar-refractivity contribution in [1.82, 2.24) is 0 Å². The van der Waals surface area contributed by atoms with Gasteiger partial charge in [-0.2, -0.15) is 0 Å². The van der Waals surface area contributed by atoms with Crippen LogP contribution < -0.4 is 5.73 Å². The molecule has 0 aromatic carbocycles. The van der Waals surface area contributed by atoms with E-state index < -0.39 is 5.60 Å². The van der Waals surface area contributed by atoms with Gasteiger partial charge in [0.2, 0.25) is 0 Å². The van der Waals surface area contributed by atoms with E-state index in [9.17, 15) is 5.11 Å². The van der Waals surface area contributed by atoms with Crippen LogP contribution in [0, 0.1) is 11.8 Å². The molecule has 0 aliphatic rings. The SMILES string of the molecule is CC(C)CCC(O)(CN)CCC(C)C. The van der Waals surface area contributed by atoms with Gasteiger partial charge in [-0.15, -0.1) is 0 Å². The Bertz CT molecular complexity index is 131. The molecule has 0 saturated carbocycles. The molecule has 0 aliphatic carbocycles. The van der Waals surface area contributed by atoms with Crippen LogP contribution in [0.4, 0.5) is 0 Å². The molecule has 0 heterocycles. The second-order valence-corrected chi connectivity index (χ2v) is 5.29. The molecule has 0 bridgehead atoms. The lowest BCUT2D eigenvalue weighted by Crippen LogP contribution is -2.38. The standard InChI is InChI=1S/C12H27NO/c1-10(2)5-7-12(14,9-13)8-6-11(3)4/h10-11,14H,5-9,13H2,1-4H3. The van der Waals surface area contributed by atoms with Gasteiger partial charge >= 0.3 is 0 Å². The average Bonchev–Trinajstić information content (AvgIpc) is 2.11. The van der Waals surface area contributed by atoms with Gasteiger partial charge in [-0.05, 0) is 37.5 Å². The maximum absolute atomic E-state index is 10.2. The lowest BCUT2D eigenvalue weighted by Gasteiger charge is -2.28. The summed E-state index contributed by atoms with van der Waals surface area (Å²) in [6.45, 7) is 9.12. The minimum absolute atomic E-state index is 0.395. The van der Waals surface area contributed by atoms with Crippen molar-refractivity contribution >= 4 is 0 Å². The van der Waals surface area contributed by atoms with Gasteiger partial charge in [0.05, 0.1) is 5.60 Å². The van der Waals surface area contributed by atoms with Crippen molar-refractivity contribution in [2.45, 2.75) is 59.0 Å². The van der Waals surface area contributed by atoms with Crippen molar-refractivity contribution in [2.24, 2.45) is 17.6 Å². The summed E-state index contributed by atoms with van der Waals surface area (Å²) in [5, 5.41) is 10.2. The molecule has 0 aromatic heterocycles. The highest BCUT2D eigenvalue weighted by Crippen LogP contribution is 2.23. The third-order valence-electron chi connectivity index (χ3n) is 2.75. The van der Waals surface area contributed by atoms with E-state index in [1.807, 2.05) is 0 Å². The fraction of sp³-hybridized carbons (Fsp3) is 1.00. The molecular weight excluding hydrogens is 174 g/mol. The molecule has 0 rings (SSSR count). The maximum Gasteiger partial charge on any atom is 0.0769 e. The number of hydrogen-bond donors (Lipinski definition) is 2. The van der Waals surface area contributed by atoms with Crippen molar-refractivity contribution in [3.63, 3.8) is 0 Å². The Kier molecular flexibility index (Phi) is 6.38. The molecule has 0 spiro atoms. The summed E-state index contributed by atoms with van der Waals surface area (Å²) in [5.74, 6) is 1.29. The largest absolute Gasteiger partial charge is 0.389 e. The molecule has 0 aliphatic heterocycles. The first-order valence-electron chi connectivity index (χ1n) is 5.82. The minimum atomic E-state index is -0.617. The first-order chi connectivity index (χ1) is 6.39. The molecule has 14 heavy (non-hydrogen) atoms. The number of aliphatic hydroxyl groups is 1. The van der Waals surface area contributed by atoms with Crippen LogP contribution in [0.2, 0.25) is 0 Å². The van der Waals surface area contributed by atoms with Crippen LogP contribution in [-0.2, 0) is 0 Å². The fourth-order valence-corrected chi connectivity index (χ4v) is 1.44. The fourth-order valence-electron chi connectivity index (χ4n) is 1.44. The molecule has 0 amide bonds. The van der Waals surface area contributed by atoms with Crippen LogP contribution in [0.5, 0.6) is 0 Å². The average molecular weight is 201 g/mol. The second-order valence-electron chi connectivity index (χ2n) is 5.29. The van der Waals surface area contributed by atoms with Gasteiger partial charge in [0.25, 0.3) is 0 Å². The van der Waals surface area contributed by atoms with Crippen molar-refractivity contribution in [3.8, 4) is 0 Å². The zero-order chi connectivity index (χ0) is 11.2. The maximum atomic E-state index is 10.2. The number of rotatable bonds is 7. The predicted molar refractivity (Wildman–Crippen MR) is 62.1 cm³/mol. The number of nitrogens with two attached hydrogens (primary N) is 1. The van der Waals surface area contributed by atoms with Crippen molar-refractivity contribution in [1.29, 1.82) is 0 Å². The van der Waals surface area contributed by atoms with Gasteiger partial charge in [0.15, 0.2) is 0 Å². The Balaban J connectivity index is 3.91. The lowest BCUT2D eigenvalue weighted by molar-refractivity contribution is 0.0216. The molecule has 2 heteroatoms. The first-order valence-corrected chi connectivity index (χ1v) is 5.82. The van der Waals surface area contributed by atoms with Gasteiger partial charge in [-0.1, -0.05) is 27.7 Å². The normalized spacial score (nSPS) is 12.9. The van der Waals surface area contributed by atoms with E-state index in [-0.39, 0.29) is 0 Å². The highest BCUT2D eigenvalue weighted by atomic mass is 16.3. The minimum Gasteiger partial charge on any atom is -0.389 e. The Labute approximate surface area is 88.9 Å². The first kappa shape index (κ1) is 13.9. The molecule has 0 atom stereocenters. The Hall–Kier alpha value is -0.0800. The molecule has 2 nitrogen and oxygen atoms in total. The molecular formula is C12H27NO. The quantitative estimate of drug-likeness (QED) is 0.665. The van der Waals surface area contributed by atoms with Gasteiger partial charge in [0, 0.05) is 6.54 Å². The Morgan fingerprint density at radius 2 is 1.36 bits per heavy atom. The Morgan fingerprint density at radius 3 is 1.57 bits per heavy atom. The van der Waals surface area contributed by atoms with Gasteiger partial charge in [-0.3, -0.25) is 0 Å². The molecule has 3 N–H and O–H groups in total. The second kappa shape index (κ2) is 6.41. The predicted octanol–water partition coefficient (Wildman–Crippen LogP) is 2.55. The van der Waals surface area contributed by atoms with Gasteiger partial charge in [0.1, 0.15) is 0 Å². The zero-order valence-corrected chi connectivity index (χ0v) is 10.2.